The smallest absolute Gasteiger partial charge is 0.0178 e. The zero-order valence-electron chi connectivity index (χ0n) is 9.11. The van der Waals surface area contributed by atoms with Gasteiger partial charge in [-0.2, -0.15) is 11.8 Å². The summed E-state index contributed by atoms with van der Waals surface area (Å²) in [5, 5.41) is 0. The lowest BCUT2D eigenvalue weighted by molar-refractivity contribution is 0.521. The van der Waals surface area contributed by atoms with E-state index in [9.17, 15) is 0 Å². The molecule has 0 aliphatic carbocycles. The highest BCUT2D eigenvalue weighted by molar-refractivity contribution is 7.99. The van der Waals surface area contributed by atoms with E-state index in [0.717, 1.165) is 5.92 Å². The number of thioether (sulfide) groups is 1. The molecule has 0 amide bonds. The lowest BCUT2D eigenvalue weighted by Crippen LogP contribution is -2.13. The molecule has 2 rings (SSSR count). The van der Waals surface area contributed by atoms with Crippen molar-refractivity contribution in [3.05, 3.63) is 35.4 Å². The number of rotatable bonds is 3. The highest BCUT2D eigenvalue weighted by Gasteiger charge is 2.13. The minimum atomic E-state index is 0.652. The molecule has 0 radical (unpaired) electrons. The Morgan fingerprint density at radius 1 is 1.20 bits per heavy atom. The van der Waals surface area contributed by atoms with Crippen LogP contribution in [0.2, 0.25) is 0 Å². The van der Waals surface area contributed by atoms with Crippen molar-refractivity contribution in [1.82, 2.24) is 0 Å². The van der Waals surface area contributed by atoms with Crippen LogP contribution in [-0.2, 0) is 13.0 Å². The Hall–Kier alpha value is -0.470. The highest BCUT2D eigenvalue weighted by Crippen LogP contribution is 2.25. The standard InChI is InChI=1S/C13H19NS/c14-9-12-5-3-11(4-6-12)8-13-2-1-7-15-10-13/h3-6,13H,1-2,7-10,14H2. The molecule has 1 aromatic carbocycles. The van der Waals surface area contributed by atoms with Gasteiger partial charge in [-0.15, -0.1) is 0 Å². The van der Waals surface area contributed by atoms with Crippen LogP contribution in [0.15, 0.2) is 24.3 Å². The van der Waals surface area contributed by atoms with Crippen LogP contribution in [-0.4, -0.2) is 11.5 Å². The van der Waals surface area contributed by atoms with Gasteiger partial charge in [-0.05, 0) is 47.8 Å². The Bertz CT molecular complexity index is 288. The molecule has 82 valence electrons. The van der Waals surface area contributed by atoms with Gasteiger partial charge in [0, 0.05) is 6.54 Å². The van der Waals surface area contributed by atoms with Crippen LogP contribution in [0.1, 0.15) is 24.0 Å². The van der Waals surface area contributed by atoms with Gasteiger partial charge >= 0.3 is 0 Å². The van der Waals surface area contributed by atoms with Crippen LogP contribution in [0.3, 0.4) is 0 Å². The molecule has 0 aromatic heterocycles. The van der Waals surface area contributed by atoms with Crippen LogP contribution in [0.4, 0.5) is 0 Å². The molecule has 1 fully saturated rings. The van der Waals surface area contributed by atoms with E-state index in [1.54, 1.807) is 0 Å². The summed E-state index contributed by atoms with van der Waals surface area (Å²) in [5.74, 6) is 3.61. The number of benzene rings is 1. The zero-order chi connectivity index (χ0) is 10.5. The van der Waals surface area contributed by atoms with Crippen molar-refractivity contribution in [1.29, 1.82) is 0 Å². The van der Waals surface area contributed by atoms with Crippen LogP contribution in [0, 0.1) is 5.92 Å². The van der Waals surface area contributed by atoms with Gasteiger partial charge in [0.25, 0.3) is 0 Å². The average molecular weight is 221 g/mol. The van der Waals surface area contributed by atoms with Crippen molar-refractivity contribution in [3.63, 3.8) is 0 Å². The van der Waals surface area contributed by atoms with Crippen molar-refractivity contribution < 1.29 is 0 Å². The molecule has 1 atom stereocenters. The molecular formula is C13H19NS. The average Bonchev–Trinajstić information content (AvgIpc) is 2.31. The van der Waals surface area contributed by atoms with E-state index in [0.29, 0.717) is 6.54 Å². The molecule has 1 aliphatic heterocycles. The number of hydrogen-bond donors (Lipinski definition) is 1. The quantitative estimate of drug-likeness (QED) is 0.849. The van der Waals surface area contributed by atoms with Crippen molar-refractivity contribution in [3.8, 4) is 0 Å². The molecule has 0 bridgehead atoms. The van der Waals surface area contributed by atoms with Gasteiger partial charge in [0.2, 0.25) is 0 Å². The first-order chi connectivity index (χ1) is 7.38. The van der Waals surface area contributed by atoms with Gasteiger partial charge in [-0.3, -0.25) is 0 Å². The van der Waals surface area contributed by atoms with E-state index in [4.69, 9.17) is 5.73 Å². The van der Waals surface area contributed by atoms with E-state index in [2.05, 4.69) is 36.0 Å². The van der Waals surface area contributed by atoms with Crippen LogP contribution >= 0.6 is 11.8 Å². The summed E-state index contributed by atoms with van der Waals surface area (Å²) < 4.78 is 0. The summed E-state index contributed by atoms with van der Waals surface area (Å²) in [4.78, 5) is 0. The fourth-order valence-corrected chi connectivity index (χ4v) is 3.27. The zero-order valence-corrected chi connectivity index (χ0v) is 9.93. The summed E-state index contributed by atoms with van der Waals surface area (Å²) in [6, 6.07) is 8.79. The van der Waals surface area contributed by atoms with Gasteiger partial charge in [0.05, 0.1) is 0 Å². The largest absolute Gasteiger partial charge is 0.326 e. The number of nitrogens with two attached hydrogens (primary N) is 1. The lowest BCUT2D eigenvalue weighted by atomic mass is 9.96. The third-order valence-electron chi connectivity index (χ3n) is 3.04. The fraction of sp³-hybridized carbons (Fsp3) is 0.538. The minimum absolute atomic E-state index is 0.652. The SMILES string of the molecule is NCc1ccc(CC2CCCSC2)cc1. The molecule has 1 aromatic rings. The maximum absolute atomic E-state index is 5.58. The molecule has 0 spiro atoms. The Morgan fingerprint density at radius 3 is 2.53 bits per heavy atom. The van der Waals surface area contributed by atoms with Crippen molar-refractivity contribution in [2.24, 2.45) is 11.7 Å². The maximum Gasteiger partial charge on any atom is 0.0178 e. The van der Waals surface area contributed by atoms with Crippen molar-refractivity contribution in [2.45, 2.75) is 25.8 Å². The van der Waals surface area contributed by atoms with E-state index in [-0.39, 0.29) is 0 Å². The maximum atomic E-state index is 5.58. The van der Waals surface area contributed by atoms with Crippen LogP contribution in [0.25, 0.3) is 0 Å². The highest BCUT2D eigenvalue weighted by atomic mass is 32.2. The second-order valence-corrected chi connectivity index (χ2v) is 5.46. The monoisotopic (exact) mass is 221 g/mol. The predicted octanol–water partition coefficient (Wildman–Crippen LogP) is 2.83. The van der Waals surface area contributed by atoms with Crippen LogP contribution in [0.5, 0.6) is 0 Å². The first kappa shape index (κ1) is 11.0. The summed E-state index contributed by atoms with van der Waals surface area (Å²) in [5.41, 5.74) is 8.29. The van der Waals surface area contributed by atoms with E-state index in [1.165, 1.54) is 41.9 Å². The summed E-state index contributed by atoms with van der Waals surface area (Å²) >= 11 is 2.11. The Balaban J connectivity index is 1.91. The van der Waals surface area contributed by atoms with Crippen molar-refractivity contribution >= 4 is 11.8 Å². The minimum Gasteiger partial charge on any atom is -0.326 e. The first-order valence-electron chi connectivity index (χ1n) is 5.74. The summed E-state index contributed by atoms with van der Waals surface area (Å²) in [6.07, 6.45) is 4.06. The second-order valence-electron chi connectivity index (χ2n) is 4.31. The van der Waals surface area contributed by atoms with E-state index >= 15 is 0 Å². The van der Waals surface area contributed by atoms with Gasteiger partial charge in [0.1, 0.15) is 0 Å². The van der Waals surface area contributed by atoms with Gasteiger partial charge < -0.3 is 5.73 Å². The normalized spacial score (nSPS) is 21.5. The fourth-order valence-electron chi connectivity index (χ4n) is 2.11. The molecule has 1 saturated heterocycles. The molecule has 2 heteroatoms. The molecule has 2 N–H and O–H groups in total. The predicted molar refractivity (Wildman–Crippen MR) is 68.1 cm³/mol. The lowest BCUT2D eigenvalue weighted by Gasteiger charge is -2.21. The van der Waals surface area contributed by atoms with Gasteiger partial charge in [-0.25, -0.2) is 0 Å². The second kappa shape index (κ2) is 5.57. The molecule has 15 heavy (non-hydrogen) atoms. The van der Waals surface area contributed by atoms with Crippen molar-refractivity contribution in [2.75, 3.05) is 11.5 Å². The third kappa shape index (κ3) is 3.25. The molecule has 1 unspecified atom stereocenters. The Morgan fingerprint density at radius 2 is 1.93 bits per heavy atom. The Kier molecular flexibility index (Phi) is 4.09. The molecule has 0 saturated carbocycles. The Labute approximate surface area is 96.4 Å². The van der Waals surface area contributed by atoms with E-state index < -0.39 is 0 Å². The molecule has 1 heterocycles. The molecule has 1 aliphatic rings. The number of hydrogen-bond acceptors (Lipinski definition) is 2. The topological polar surface area (TPSA) is 26.0 Å². The third-order valence-corrected chi connectivity index (χ3v) is 4.32. The van der Waals surface area contributed by atoms with Crippen LogP contribution < -0.4 is 5.73 Å². The van der Waals surface area contributed by atoms with Gasteiger partial charge in [0.15, 0.2) is 0 Å². The summed E-state index contributed by atoms with van der Waals surface area (Å²) in [6.45, 7) is 0.652. The molecular weight excluding hydrogens is 202 g/mol. The first-order valence-corrected chi connectivity index (χ1v) is 6.89. The summed E-state index contributed by atoms with van der Waals surface area (Å²) in [7, 11) is 0. The van der Waals surface area contributed by atoms with Gasteiger partial charge in [-0.1, -0.05) is 24.3 Å². The van der Waals surface area contributed by atoms with E-state index in [1.807, 2.05) is 0 Å². The molecule has 1 nitrogen and oxygen atoms in total.